The van der Waals surface area contributed by atoms with E-state index >= 15 is 0 Å². The largest absolute Gasteiger partial charge is 0.375 e. The quantitative estimate of drug-likeness (QED) is 0.164. The summed E-state index contributed by atoms with van der Waals surface area (Å²) in [5.74, 6) is 0. The molecule has 0 aliphatic carbocycles. The highest BCUT2D eigenvalue weighted by Crippen LogP contribution is 2.56. The molecule has 6 heteroatoms. The molecule has 4 aliphatic heterocycles. The van der Waals surface area contributed by atoms with Gasteiger partial charge in [0.05, 0.1) is 11.4 Å². The summed E-state index contributed by atoms with van der Waals surface area (Å²) < 4.78 is 5.42. The van der Waals surface area contributed by atoms with E-state index < -0.39 is 0 Å². The lowest BCUT2D eigenvalue weighted by Gasteiger charge is -2.48. The molecule has 0 amide bonds. The van der Waals surface area contributed by atoms with Crippen molar-refractivity contribution in [3.05, 3.63) is 243 Å². The van der Waals surface area contributed by atoms with E-state index in [1.165, 1.54) is 133 Å². The minimum Gasteiger partial charge on any atom is -0.375 e. The number of anilines is 6. The lowest BCUT2D eigenvalue weighted by Crippen LogP contribution is -2.62. The first kappa shape index (κ1) is 38.6. The molecule has 0 spiro atoms. The number of nitrogens with zero attached hydrogens (tertiary/aromatic N) is 4. The summed E-state index contributed by atoms with van der Waals surface area (Å²) in [5.41, 5.74) is 27.4. The van der Waals surface area contributed by atoms with E-state index in [0.717, 1.165) is 11.4 Å². The van der Waals surface area contributed by atoms with Gasteiger partial charge in [-0.25, -0.2) is 0 Å². The van der Waals surface area contributed by atoms with Crippen LogP contribution in [0.3, 0.4) is 0 Å². The first-order valence-electron chi connectivity index (χ1n) is 25.2. The molecule has 0 N–H and O–H groups in total. The van der Waals surface area contributed by atoms with Crippen LogP contribution in [0.1, 0.15) is 0 Å². The molecule has 330 valence electrons. The Morgan fingerprint density at radius 3 is 1.10 bits per heavy atom. The molecule has 0 unspecified atom stereocenters. The summed E-state index contributed by atoms with van der Waals surface area (Å²) in [5, 5.41) is 5.14. The predicted octanol–water partition coefficient (Wildman–Crippen LogP) is 14.1. The van der Waals surface area contributed by atoms with Crippen molar-refractivity contribution in [1.82, 2.24) is 8.96 Å². The van der Waals surface area contributed by atoms with Gasteiger partial charge in [0.15, 0.2) is 0 Å². The maximum absolute atomic E-state index is 2.71. The molecule has 17 rings (SSSR count). The van der Waals surface area contributed by atoms with Gasteiger partial charge < -0.3 is 18.8 Å². The monoisotopic (exact) mass is 910 g/mol. The Hall–Kier alpha value is -9.25. The molecule has 0 bridgehead atoms. The fourth-order valence-electron chi connectivity index (χ4n) is 13.7. The Morgan fingerprint density at radius 1 is 0.292 bits per heavy atom. The molecule has 0 saturated heterocycles. The Bertz CT molecular complexity index is 4180. The highest BCUT2D eigenvalue weighted by atomic mass is 15.2. The minimum absolute atomic E-state index is 0.159. The molecule has 0 saturated carbocycles. The molecular weight excluding hydrogens is 870 g/mol. The maximum Gasteiger partial charge on any atom is 0.333 e. The van der Waals surface area contributed by atoms with E-state index in [0.29, 0.717) is 0 Å². The van der Waals surface area contributed by atoms with Crippen LogP contribution in [0.15, 0.2) is 243 Å². The molecule has 0 atom stereocenters. The first-order valence-corrected chi connectivity index (χ1v) is 25.2. The van der Waals surface area contributed by atoms with Crippen LogP contribution in [0.25, 0.3) is 88.1 Å². The van der Waals surface area contributed by atoms with E-state index in [-0.39, 0.29) is 13.7 Å². The van der Waals surface area contributed by atoms with Gasteiger partial charge in [0, 0.05) is 77.5 Å². The summed E-state index contributed by atoms with van der Waals surface area (Å²) in [7, 11) is 0. The smallest absolute Gasteiger partial charge is 0.333 e. The van der Waals surface area contributed by atoms with Crippen molar-refractivity contribution in [3.63, 3.8) is 0 Å². The zero-order valence-electron chi connectivity index (χ0n) is 39.0. The van der Waals surface area contributed by atoms with Crippen molar-refractivity contribution in [2.75, 3.05) is 9.80 Å². The molecule has 0 radical (unpaired) electrons. The highest BCUT2D eigenvalue weighted by Gasteiger charge is 2.52. The average Bonchev–Trinajstić information content (AvgIpc) is 3.98. The zero-order valence-corrected chi connectivity index (χ0v) is 39.0. The number of benzene rings is 11. The molecule has 2 aromatic heterocycles. The second kappa shape index (κ2) is 14.2. The van der Waals surface area contributed by atoms with E-state index in [1.807, 2.05) is 0 Å². The SMILES string of the molecule is c1ccc(-c2ccc3c(c2)N(c2ccccc2)c2c4c(c5c6c2N(c2ccccc2)c2cc(-c7ccccc7)ccc2B6n2c6ccccc6c6cccc-5c62)-c2cccc5c6ccccc6n(c25)B34)cc1. The van der Waals surface area contributed by atoms with Crippen LogP contribution in [0.2, 0.25) is 0 Å². The summed E-state index contributed by atoms with van der Waals surface area (Å²) in [6, 6.07) is 91.1. The Kier molecular flexibility index (Phi) is 7.60. The van der Waals surface area contributed by atoms with Crippen LogP contribution in [-0.4, -0.2) is 22.7 Å². The average molecular weight is 911 g/mol. The Morgan fingerprint density at radius 2 is 0.667 bits per heavy atom. The molecule has 6 heterocycles. The van der Waals surface area contributed by atoms with Crippen molar-refractivity contribution in [1.29, 1.82) is 0 Å². The van der Waals surface area contributed by atoms with Gasteiger partial charge in [-0.3, -0.25) is 0 Å². The number of hydrogen-bond acceptors (Lipinski definition) is 2. The normalized spacial score (nSPS) is 13.4. The number of hydrogen-bond donors (Lipinski definition) is 0. The Labute approximate surface area is 417 Å². The number of para-hydroxylation sites is 6. The van der Waals surface area contributed by atoms with E-state index in [4.69, 9.17) is 0 Å². The lowest BCUT2D eigenvalue weighted by molar-refractivity contribution is 1.21. The molecule has 13 aromatic rings. The number of rotatable bonds is 4. The first-order chi connectivity index (χ1) is 35.8. The number of aromatic nitrogens is 2. The van der Waals surface area contributed by atoms with Crippen LogP contribution in [-0.2, 0) is 0 Å². The third kappa shape index (κ3) is 4.88. The molecule has 4 aliphatic rings. The molecule has 0 fully saturated rings. The second-order valence-electron chi connectivity index (χ2n) is 19.9. The van der Waals surface area contributed by atoms with E-state index in [9.17, 15) is 0 Å². The molecular formula is C66H40B2N4. The van der Waals surface area contributed by atoms with Gasteiger partial charge in [0.25, 0.3) is 0 Å². The highest BCUT2D eigenvalue weighted by molar-refractivity contribution is 6.94. The van der Waals surface area contributed by atoms with Gasteiger partial charge in [0.2, 0.25) is 0 Å². The summed E-state index contributed by atoms with van der Waals surface area (Å²) in [6.07, 6.45) is 0. The third-order valence-corrected chi connectivity index (χ3v) is 16.4. The van der Waals surface area contributed by atoms with Crippen LogP contribution >= 0.6 is 0 Å². The van der Waals surface area contributed by atoms with Crippen molar-refractivity contribution in [2.24, 2.45) is 0 Å². The predicted molar refractivity (Wildman–Crippen MR) is 304 cm³/mol. The van der Waals surface area contributed by atoms with Crippen LogP contribution in [0, 0.1) is 0 Å². The van der Waals surface area contributed by atoms with Crippen molar-refractivity contribution in [2.45, 2.75) is 0 Å². The molecule has 72 heavy (non-hydrogen) atoms. The number of fused-ring (bicyclic) bond motifs is 16. The van der Waals surface area contributed by atoms with Gasteiger partial charge in [0.1, 0.15) is 0 Å². The van der Waals surface area contributed by atoms with Gasteiger partial charge in [-0.2, -0.15) is 0 Å². The molecule has 4 nitrogen and oxygen atoms in total. The zero-order chi connectivity index (χ0) is 46.8. The molecule has 11 aromatic carbocycles. The van der Waals surface area contributed by atoms with Gasteiger partial charge >= 0.3 is 13.7 Å². The van der Waals surface area contributed by atoms with Gasteiger partial charge in [-0.15, -0.1) is 0 Å². The van der Waals surface area contributed by atoms with Gasteiger partial charge in [-0.05, 0) is 104 Å². The van der Waals surface area contributed by atoms with Crippen molar-refractivity contribution >= 4 is 113 Å². The fraction of sp³-hybridized carbons (Fsp3) is 0. The van der Waals surface area contributed by atoms with E-state index in [1.54, 1.807) is 0 Å². The van der Waals surface area contributed by atoms with Gasteiger partial charge in [-0.1, -0.05) is 194 Å². The second-order valence-corrected chi connectivity index (χ2v) is 19.9. The van der Waals surface area contributed by atoms with E-state index in [2.05, 4.69) is 261 Å². The fourth-order valence-corrected chi connectivity index (χ4v) is 13.7. The van der Waals surface area contributed by atoms with Crippen LogP contribution < -0.4 is 31.7 Å². The summed E-state index contributed by atoms with van der Waals surface area (Å²) in [4.78, 5) is 5.29. The topological polar surface area (TPSA) is 16.3 Å². The standard InChI is InChI=1S/C66H40B2N4/c1-5-19-41(20-6-1)43-35-37-53-57(39-43)69(45-23-9-3-10-24-45)65-61-59(51-31-17-29-49-47-27-13-15-33-55(47)71(63(49)51)67(53)61)60-52-32-18-30-50-48-28-14-16-34-56(48)72(64(50)52)68-54-38-36-44(42-21-7-2-8-22-42)40-58(54)70(66(65)62(60)68)46-25-11-4-12-26-46/h1-40H. The maximum atomic E-state index is 2.71. The van der Waals surface area contributed by atoms with Crippen molar-refractivity contribution in [3.8, 4) is 44.5 Å². The van der Waals surface area contributed by atoms with Crippen LogP contribution in [0.5, 0.6) is 0 Å². The summed E-state index contributed by atoms with van der Waals surface area (Å²) >= 11 is 0. The van der Waals surface area contributed by atoms with Crippen LogP contribution in [0.4, 0.5) is 34.1 Å². The van der Waals surface area contributed by atoms with Crippen molar-refractivity contribution < 1.29 is 0 Å². The third-order valence-electron chi connectivity index (χ3n) is 16.4. The summed E-state index contributed by atoms with van der Waals surface area (Å²) in [6.45, 7) is -0.317. The minimum atomic E-state index is -0.159. The lowest BCUT2D eigenvalue weighted by atomic mass is 9.40. The Balaban J connectivity index is 1.14.